The van der Waals surface area contributed by atoms with Gasteiger partial charge in [0.2, 0.25) is 5.75 Å². The van der Waals surface area contributed by atoms with Crippen LogP contribution in [0, 0.1) is 15.9 Å². The number of amides is 1. The van der Waals surface area contributed by atoms with Gasteiger partial charge in [-0.1, -0.05) is 37.3 Å². The molecule has 0 aliphatic carbocycles. The van der Waals surface area contributed by atoms with Crippen LogP contribution < -0.4 is 10.1 Å². The van der Waals surface area contributed by atoms with E-state index in [9.17, 15) is 19.3 Å². The molecule has 24 heavy (non-hydrogen) atoms. The first-order valence-corrected chi connectivity index (χ1v) is 7.35. The predicted molar refractivity (Wildman–Crippen MR) is 86.4 cm³/mol. The standard InChI is InChI=1S/C17H17FN2O4/c1-12(13-5-3-2-4-6-13)10-19-17(21)11-24-16-9-14(18)7-8-15(16)20(22)23/h2-9,12H,10-11H2,1H3,(H,19,21)/t12-/m1/s1. The predicted octanol–water partition coefficient (Wildman–Crippen LogP) is 3.03. The fraction of sp³-hybridized carbons (Fsp3) is 0.235. The van der Waals surface area contributed by atoms with E-state index in [-0.39, 0.29) is 17.4 Å². The molecule has 0 saturated carbocycles. The zero-order valence-electron chi connectivity index (χ0n) is 13.1. The van der Waals surface area contributed by atoms with Crippen LogP contribution in [0.4, 0.5) is 10.1 Å². The molecular formula is C17H17FN2O4. The lowest BCUT2D eigenvalue weighted by molar-refractivity contribution is -0.385. The summed E-state index contributed by atoms with van der Waals surface area (Å²) < 4.78 is 18.3. The van der Waals surface area contributed by atoms with Crippen molar-refractivity contribution in [2.45, 2.75) is 12.8 Å². The Hall–Kier alpha value is -2.96. The van der Waals surface area contributed by atoms with Gasteiger partial charge in [-0.05, 0) is 17.5 Å². The molecule has 0 fully saturated rings. The Labute approximate surface area is 138 Å². The number of nitrogens with zero attached hydrogens (tertiary/aromatic N) is 1. The monoisotopic (exact) mass is 332 g/mol. The number of nitro groups is 1. The Balaban J connectivity index is 1.88. The number of carbonyl (C=O) groups is 1. The second kappa shape index (κ2) is 8.05. The highest BCUT2D eigenvalue weighted by Crippen LogP contribution is 2.27. The highest BCUT2D eigenvalue weighted by Gasteiger charge is 2.17. The summed E-state index contributed by atoms with van der Waals surface area (Å²) >= 11 is 0. The second-order valence-corrected chi connectivity index (χ2v) is 5.27. The van der Waals surface area contributed by atoms with Crippen LogP contribution in [0.3, 0.4) is 0 Å². The quantitative estimate of drug-likeness (QED) is 0.624. The average Bonchev–Trinajstić information content (AvgIpc) is 2.58. The molecule has 0 unspecified atom stereocenters. The van der Waals surface area contributed by atoms with Gasteiger partial charge in [-0.15, -0.1) is 0 Å². The number of halogens is 1. The van der Waals surface area contributed by atoms with E-state index in [1.807, 2.05) is 37.3 Å². The van der Waals surface area contributed by atoms with Crippen LogP contribution in [0.15, 0.2) is 48.5 Å². The van der Waals surface area contributed by atoms with Crippen molar-refractivity contribution in [2.24, 2.45) is 0 Å². The summed E-state index contributed by atoms with van der Waals surface area (Å²) in [6.45, 7) is 1.94. The van der Waals surface area contributed by atoms with Gasteiger partial charge in [0, 0.05) is 18.7 Å². The van der Waals surface area contributed by atoms with Crippen LogP contribution in [-0.4, -0.2) is 24.0 Å². The number of ether oxygens (including phenoxy) is 1. The van der Waals surface area contributed by atoms with Crippen molar-refractivity contribution in [1.82, 2.24) is 5.32 Å². The number of benzene rings is 2. The van der Waals surface area contributed by atoms with Crippen molar-refractivity contribution in [3.8, 4) is 5.75 Å². The van der Waals surface area contributed by atoms with E-state index >= 15 is 0 Å². The summed E-state index contributed by atoms with van der Waals surface area (Å²) in [6, 6.07) is 12.5. The second-order valence-electron chi connectivity index (χ2n) is 5.27. The molecule has 0 heterocycles. The van der Waals surface area contributed by atoms with Gasteiger partial charge in [0.1, 0.15) is 5.82 Å². The van der Waals surface area contributed by atoms with Gasteiger partial charge in [0.15, 0.2) is 6.61 Å². The first-order chi connectivity index (χ1) is 11.5. The van der Waals surface area contributed by atoms with E-state index in [2.05, 4.69) is 5.32 Å². The molecule has 0 aliphatic rings. The number of hydrogen-bond donors (Lipinski definition) is 1. The molecule has 126 valence electrons. The molecule has 0 radical (unpaired) electrons. The first kappa shape index (κ1) is 17.4. The van der Waals surface area contributed by atoms with Gasteiger partial charge in [-0.25, -0.2) is 4.39 Å². The van der Waals surface area contributed by atoms with Crippen LogP contribution in [0.5, 0.6) is 5.75 Å². The molecule has 0 aliphatic heterocycles. The fourth-order valence-electron chi connectivity index (χ4n) is 2.12. The summed E-state index contributed by atoms with van der Waals surface area (Å²) in [5.41, 5.74) is 0.696. The van der Waals surface area contributed by atoms with E-state index < -0.39 is 23.3 Å². The first-order valence-electron chi connectivity index (χ1n) is 7.35. The van der Waals surface area contributed by atoms with Crippen LogP contribution in [0.2, 0.25) is 0 Å². The molecule has 2 aromatic rings. The largest absolute Gasteiger partial charge is 0.477 e. The lowest BCUT2D eigenvalue weighted by atomic mass is 10.0. The van der Waals surface area contributed by atoms with Gasteiger partial charge in [-0.2, -0.15) is 0 Å². The smallest absolute Gasteiger partial charge is 0.311 e. The zero-order valence-corrected chi connectivity index (χ0v) is 13.1. The summed E-state index contributed by atoms with van der Waals surface area (Å²) in [5, 5.41) is 13.5. The van der Waals surface area contributed by atoms with E-state index in [0.29, 0.717) is 6.54 Å². The summed E-state index contributed by atoms with van der Waals surface area (Å²) in [6.07, 6.45) is 0. The lowest BCUT2D eigenvalue weighted by Crippen LogP contribution is -2.31. The van der Waals surface area contributed by atoms with Crippen LogP contribution in [0.25, 0.3) is 0 Å². The molecule has 1 atom stereocenters. The minimum absolute atomic E-state index is 0.110. The van der Waals surface area contributed by atoms with Crippen LogP contribution in [-0.2, 0) is 4.79 Å². The molecule has 0 spiro atoms. The fourth-order valence-corrected chi connectivity index (χ4v) is 2.12. The number of rotatable bonds is 7. The molecule has 7 heteroatoms. The number of nitrogens with one attached hydrogen (secondary N) is 1. The van der Waals surface area contributed by atoms with Crippen LogP contribution >= 0.6 is 0 Å². The van der Waals surface area contributed by atoms with Crippen molar-refractivity contribution < 1.29 is 18.8 Å². The Morgan fingerprint density at radius 2 is 2.00 bits per heavy atom. The van der Waals surface area contributed by atoms with Crippen LogP contribution in [0.1, 0.15) is 18.4 Å². The van der Waals surface area contributed by atoms with E-state index in [1.165, 1.54) is 0 Å². The Morgan fingerprint density at radius 1 is 1.29 bits per heavy atom. The highest BCUT2D eigenvalue weighted by molar-refractivity contribution is 5.77. The normalized spacial score (nSPS) is 11.6. The SMILES string of the molecule is C[C@H](CNC(=O)COc1cc(F)ccc1[N+](=O)[O-])c1ccccc1. The van der Waals surface area contributed by atoms with E-state index in [1.54, 1.807) is 0 Å². The van der Waals surface area contributed by atoms with Gasteiger partial charge >= 0.3 is 5.69 Å². The van der Waals surface area contributed by atoms with E-state index in [0.717, 1.165) is 23.8 Å². The van der Waals surface area contributed by atoms with Crippen molar-refractivity contribution in [1.29, 1.82) is 0 Å². The minimum atomic E-state index is -0.690. The number of carbonyl (C=O) groups excluding carboxylic acids is 1. The summed E-state index contributed by atoms with van der Waals surface area (Å²) in [5.74, 6) is -1.27. The molecule has 2 aromatic carbocycles. The molecule has 0 aromatic heterocycles. The van der Waals surface area contributed by atoms with Gasteiger partial charge in [-0.3, -0.25) is 14.9 Å². The molecular weight excluding hydrogens is 315 g/mol. The molecule has 1 N–H and O–H groups in total. The Morgan fingerprint density at radius 3 is 2.67 bits per heavy atom. The van der Waals surface area contributed by atoms with Gasteiger partial charge in [0.05, 0.1) is 4.92 Å². The zero-order chi connectivity index (χ0) is 17.5. The Bertz CT molecular complexity index is 722. The maximum atomic E-state index is 13.2. The molecule has 6 nitrogen and oxygen atoms in total. The topological polar surface area (TPSA) is 81.5 Å². The number of nitro benzene ring substituents is 1. The number of hydrogen-bond acceptors (Lipinski definition) is 4. The summed E-state index contributed by atoms with van der Waals surface area (Å²) in [7, 11) is 0. The van der Waals surface area contributed by atoms with Gasteiger partial charge in [0.25, 0.3) is 5.91 Å². The lowest BCUT2D eigenvalue weighted by Gasteiger charge is -2.13. The maximum absolute atomic E-state index is 13.2. The molecule has 1 amide bonds. The molecule has 2 rings (SSSR count). The molecule has 0 saturated heterocycles. The summed E-state index contributed by atoms with van der Waals surface area (Å²) in [4.78, 5) is 22.0. The third kappa shape index (κ3) is 4.77. The van der Waals surface area contributed by atoms with E-state index in [4.69, 9.17) is 4.74 Å². The maximum Gasteiger partial charge on any atom is 0.311 e. The third-order valence-corrected chi connectivity index (χ3v) is 3.45. The average molecular weight is 332 g/mol. The minimum Gasteiger partial charge on any atom is -0.477 e. The highest BCUT2D eigenvalue weighted by atomic mass is 19.1. The van der Waals surface area contributed by atoms with Gasteiger partial charge < -0.3 is 10.1 Å². The van der Waals surface area contributed by atoms with Crippen molar-refractivity contribution in [3.63, 3.8) is 0 Å². The third-order valence-electron chi connectivity index (χ3n) is 3.45. The van der Waals surface area contributed by atoms with Crippen molar-refractivity contribution >= 4 is 11.6 Å². The van der Waals surface area contributed by atoms with Crippen molar-refractivity contribution in [2.75, 3.05) is 13.2 Å². The molecule has 0 bridgehead atoms. The Kier molecular flexibility index (Phi) is 5.83. The van der Waals surface area contributed by atoms with Crippen molar-refractivity contribution in [3.05, 3.63) is 70.0 Å².